The highest BCUT2D eigenvalue weighted by Crippen LogP contribution is 2.48. The van der Waals surface area contributed by atoms with Crippen molar-refractivity contribution in [1.29, 1.82) is 0 Å². The number of rotatable bonds is 6. The van der Waals surface area contributed by atoms with Crippen molar-refractivity contribution in [3.8, 4) is 5.69 Å². The van der Waals surface area contributed by atoms with Crippen molar-refractivity contribution >= 4 is 96.1 Å². The lowest BCUT2D eigenvalue weighted by molar-refractivity contribution is 0.590. The van der Waals surface area contributed by atoms with Crippen LogP contribution >= 0.6 is 0 Å². The summed E-state index contributed by atoms with van der Waals surface area (Å²) in [5.41, 5.74) is 24.4. The fourth-order valence-corrected chi connectivity index (χ4v) is 12.0. The van der Waals surface area contributed by atoms with E-state index < -0.39 is 0 Å². The van der Waals surface area contributed by atoms with Crippen LogP contribution in [0.15, 0.2) is 194 Å². The van der Waals surface area contributed by atoms with Gasteiger partial charge in [-0.15, -0.1) is 0 Å². The molecule has 378 valence electrons. The first-order valence-corrected chi connectivity index (χ1v) is 27.4. The first-order valence-electron chi connectivity index (χ1n) is 27.4. The van der Waals surface area contributed by atoms with Crippen LogP contribution in [0.5, 0.6) is 0 Å². The smallest absolute Gasteiger partial charge is 0.252 e. The summed E-state index contributed by atoms with van der Waals surface area (Å²) in [5.74, 6) is 0. The molecule has 9 aromatic carbocycles. The van der Waals surface area contributed by atoms with Crippen LogP contribution in [0.1, 0.15) is 111 Å². The number of aromatic nitrogens is 1. The average Bonchev–Trinajstić information content (AvgIpc) is 3.75. The largest absolute Gasteiger partial charge is 0.311 e. The highest BCUT2D eigenvalue weighted by molar-refractivity contribution is 7.00. The van der Waals surface area contributed by atoms with E-state index in [1.54, 1.807) is 0 Å². The van der Waals surface area contributed by atoms with Crippen molar-refractivity contribution in [3.63, 3.8) is 0 Å². The van der Waals surface area contributed by atoms with Gasteiger partial charge in [0, 0.05) is 67.6 Å². The summed E-state index contributed by atoms with van der Waals surface area (Å²) in [6.07, 6.45) is 0. The molecule has 76 heavy (non-hydrogen) atoms. The molecule has 3 heterocycles. The van der Waals surface area contributed by atoms with Crippen molar-refractivity contribution < 1.29 is 0 Å². The molecular formula is C71H71BN4. The first-order chi connectivity index (χ1) is 36.1. The Balaban J connectivity index is 1.13. The predicted octanol–water partition coefficient (Wildman–Crippen LogP) is 17.8. The van der Waals surface area contributed by atoms with Gasteiger partial charge in [-0.1, -0.05) is 180 Å². The highest BCUT2D eigenvalue weighted by Gasteiger charge is 2.44. The minimum absolute atomic E-state index is 0.00746. The molecule has 10 aromatic rings. The van der Waals surface area contributed by atoms with E-state index in [9.17, 15) is 0 Å². The Kier molecular flexibility index (Phi) is 11.4. The Hall–Kier alpha value is -7.76. The number of para-hydroxylation sites is 2. The van der Waals surface area contributed by atoms with Gasteiger partial charge in [-0.2, -0.15) is 0 Å². The van der Waals surface area contributed by atoms with Crippen LogP contribution in [0.2, 0.25) is 0 Å². The van der Waals surface area contributed by atoms with Crippen molar-refractivity contribution in [2.75, 3.05) is 14.7 Å². The molecule has 0 radical (unpaired) electrons. The number of anilines is 9. The van der Waals surface area contributed by atoms with E-state index in [4.69, 9.17) is 0 Å². The van der Waals surface area contributed by atoms with Crippen molar-refractivity contribution in [1.82, 2.24) is 4.57 Å². The molecule has 0 N–H and O–H groups in total. The maximum Gasteiger partial charge on any atom is 0.252 e. The molecule has 0 aliphatic carbocycles. The minimum Gasteiger partial charge on any atom is -0.311 e. The molecule has 0 unspecified atom stereocenters. The third kappa shape index (κ3) is 8.31. The summed E-state index contributed by atoms with van der Waals surface area (Å²) in [5, 5.41) is 2.47. The number of fused-ring (bicyclic) bond motifs is 7. The zero-order valence-electron chi connectivity index (χ0n) is 46.8. The molecule has 4 nitrogen and oxygen atoms in total. The Morgan fingerprint density at radius 1 is 0.342 bits per heavy atom. The van der Waals surface area contributed by atoms with E-state index in [-0.39, 0.29) is 28.4 Å². The lowest BCUT2D eigenvalue weighted by atomic mass is 9.33. The van der Waals surface area contributed by atoms with E-state index in [1.807, 2.05) is 0 Å². The molecule has 0 saturated carbocycles. The zero-order valence-corrected chi connectivity index (χ0v) is 46.8. The second-order valence-corrected chi connectivity index (χ2v) is 25.7. The quantitative estimate of drug-likeness (QED) is 0.154. The molecule has 0 fully saturated rings. The number of nitrogens with zero attached hydrogens (tertiary/aromatic N) is 4. The Morgan fingerprint density at radius 3 is 1.33 bits per heavy atom. The highest BCUT2D eigenvalue weighted by atomic mass is 15.2. The third-order valence-electron chi connectivity index (χ3n) is 16.2. The summed E-state index contributed by atoms with van der Waals surface area (Å²) in [6, 6.07) is 74.2. The fraction of sp³-hybridized carbons (Fsp3) is 0.239. The lowest BCUT2D eigenvalue weighted by Crippen LogP contribution is -2.61. The second kappa shape index (κ2) is 17.7. The molecule has 12 rings (SSSR count). The van der Waals surface area contributed by atoms with Crippen LogP contribution in [0, 0.1) is 6.92 Å². The van der Waals surface area contributed by atoms with Crippen molar-refractivity contribution in [2.45, 2.75) is 112 Å². The van der Waals surface area contributed by atoms with E-state index >= 15 is 0 Å². The average molecular weight is 991 g/mol. The maximum absolute atomic E-state index is 2.57. The van der Waals surface area contributed by atoms with Crippen LogP contribution in [-0.2, 0) is 21.7 Å². The van der Waals surface area contributed by atoms with Crippen LogP contribution in [0.25, 0.3) is 27.5 Å². The zero-order chi connectivity index (χ0) is 53.2. The van der Waals surface area contributed by atoms with Gasteiger partial charge >= 0.3 is 0 Å². The molecule has 1 aromatic heterocycles. The second-order valence-electron chi connectivity index (χ2n) is 25.7. The molecule has 0 bridgehead atoms. The van der Waals surface area contributed by atoms with Gasteiger partial charge in [0.05, 0.1) is 11.0 Å². The number of hydrogen-bond donors (Lipinski definition) is 0. The molecule has 0 saturated heterocycles. The third-order valence-corrected chi connectivity index (χ3v) is 16.2. The molecule has 0 spiro atoms. The molecule has 2 aliphatic heterocycles. The van der Waals surface area contributed by atoms with Gasteiger partial charge in [-0.25, -0.2) is 0 Å². The van der Waals surface area contributed by atoms with Gasteiger partial charge < -0.3 is 19.3 Å². The Bertz CT molecular complexity index is 3860. The standard InChI is InChI=1S/C71H71BN4/c1-46-41-65-67-66(42-46)76(54-34-27-49(28-35-54)70(8,9)10)64-45-56(37-40-60(64)72(67)59-39-29-50(71(11,12)13)43-63(59)75(65)53-32-25-48(26-33-53)69(5,6)7)73(52-30-23-47(24-31-52)68(2,3)4)55-36-38-58-57-21-17-18-22-61(57)74(62(58)44-55)51-19-15-14-16-20-51/h14-45H,1-13H3. The van der Waals surface area contributed by atoms with Gasteiger partial charge in [-0.05, 0) is 170 Å². The van der Waals surface area contributed by atoms with Gasteiger partial charge in [0.2, 0.25) is 0 Å². The normalized spacial score (nSPS) is 13.5. The Morgan fingerprint density at radius 2 is 0.776 bits per heavy atom. The topological polar surface area (TPSA) is 14.7 Å². The maximum atomic E-state index is 2.57. The minimum atomic E-state index is -0.0444. The van der Waals surface area contributed by atoms with E-state index in [0.717, 1.165) is 28.4 Å². The van der Waals surface area contributed by atoms with Crippen LogP contribution in [0.4, 0.5) is 51.2 Å². The number of benzene rings is 9. The van der Waals surface area contributed by atoms with Crippen molar-refractivity contribution in [3.05, 3.63) is 222 Å². The first kappa shape index (κ1) is 49.1. The van der Waals surface area contributed by atoms with Gasteiger partial charge in [0.15, 0.2) is 0 Å². The molecule has 5 heteroatoms. The molecular weight excluding hydrogens is 920 g/mol. The van der Waals surface area contributed by atoms with Crippen molar-refractivity contribution in [2.24, 2.45) is 0 Å². The summed E-state index contributed by atoms with van der Waals surface area (Å²) in [6.45, 7) is 29.9. The van der Waals surface area contributed by atoms with E-state index in [1.165, 1.54) is 94.4 Å². The molecule has 0 amide bonds. The summed E-state index contributed by atoms with van der Waals surface area (Å²) >= 11 is 0. The fourth-order valence-electron chi connectivity index (χ4n) is 12.0. The van der Waals surface area contributed by atoms with Gasteiger partial charge in [0.25, 0.3) is 6.71 Å². The number of aryl methyl sites for hydroxylation is 1. The van der Waals surface area contributed by atoms with Gasteiger partial charge in [0.1, 0.15) is 0 Å². The van der Waals surface area contributed by atoms with Crippen LogP contribution in [-0.4, -0.2) is 11.3 Å². The van der Waals surface area contributed by atoms with E-state index in [0.29, 0.717) is 0 Å². The summed E-state index contributed by atoms with van der Waals surface area (Å²) in [4.78, 5) is 7.61. The van der Waals surface area contributed by atoms with Gasteiger partial charge in [-0.3, -0.25) is 0 Å². The number of hydrogen-bond acceptors (Lipinski definition) is 3. The van der Waals surface area contributed by atoms with Crippen LogP contribution in [0.3, 0.4) is 0 Å². The molecule has 0 atom stereocenters. The predicted molar refractivity (Wildman–Crippen MR) is 329 cm³/mol. The SMILES string of the molecule is Cc1cc2c3c(c1)N(c1ccc(C(C)(C)C)cc1)c1cc(C(C)(C)C)ccc1B3c1ccc(N(c3ccc(C(C)(C)C)cc3)c3ccc4c5ccccc5n(-c5ccccc5)c4c3)cc1N2c1ccc(C(C)(C)C)cc1. The lowest BCUT2D eigenvalue weighted by Gasteiger charge is -2.45. The monoisotopic (exact) mass is 991 g/mol. The summed E-state index contributed by atoms with van der Waals surface area (Å²) < 4.78 is 2.43. The Labute approximate surface area is 452 Å². The van der Waals surface area contributed by atoms with Crippen LogP contribution < -0.4 is 31.1 Å². The summed E-state index contributed by atoms with van der Waals surface area (Å²) in [7, 11) is 0. The van der Waals surface area contributed by atoms with E-state index in [2.05, 4.69) is 303 Å². The molecule has 2 aliphatic rings.